The van der Waals surface area contributed by atoms with Crippen molar-refractivity contribution in [2.45, 2.75) is 39.9 Å². The van der Waals surface area contributed by atoms with E-state index in [2.05, 4.69) is 31.0 Å². The third-order valence-electron chi connectivity index (χ3n) is 4.98. The lowest BCUT2D eigenvalue weighted by atomic mass is 10.1. The molecule has 1 amide bonds. The van der Waals surface area contributed by atoms with Crippen molar-refractivity contribution in [1.82, 2.24) is 10.2 Å². The van der Waals surface area contributed by atoms with E-state index < -0.39 is 0 Å². The molecule has 0 aliphatic heterocycles. The molecule has 0 bridgehead atoms. The van der Waals surface area contributed by atoms with Gasteiger partial charge in [0.15, 0.2) is 0 Å². The standard InChI is InChI=1S/C23H32N2O4/c1-7-25(16(2)3)15-17-8-10-18(11-9-17)23(26)24-14-20-21(28-5)12-19(27-4)13-22(20)29-6/h8-13,16H,7,14-15H2,1-6H3,(H,24,26). The molecule has 0 radical (unpaired) electrons. The molecule has 0 unspecified atom stereocenters. The number of methoxy groups -OCH3 is 3. The lowest BCUT2D eigenvalue weighted by Gasteiger charge is -2.24. The molecule has 0 aliphatic carbocycles. The Kier molecular flexibility index (Phi) is 8.34. The van der Waals surface area contributed by atoms with Crippen LogP contribution in [0.3, 0.4) is 0 Å². The molecule has 6 nitrogen and oxygen atoms in total. The highest BCUT2D eigenvalue weighted by Gasteiger charge is 2.15. The summed E-state index contributed by atoms with van der Waals surface area (Å²) in [5.74, 6) is 1.69. The van der Waals surface area contributed by atoms with E-state index in [-0.39, 0.29) is 12.5 Å². The van der Waals surface area contributed by atoms with Gasteiger partial charge in [-0.1, -0.05) is 19.1 Å². The van der Waals surface area contributed by atoms with Crippen LogP contribution in [0, 0.1) is 0 Å². The average molecular weight is 401 g/mol. The second-order valence-electron chi connectivity index (χ2n) is 7.05. The quantitative estimate of drug-likeness (QED) is 0.656. The Morgan fingerprint density at radius 1 is 1.00 bits per heavy atom. The summed E-state index contributed by atoms with van der Waals surface area (Å²) in [5.41, 5.74) is 2.57. The Labute approximate surface area is 173 Å². The van der Waals surface area contributed by atoms with Crippen LogP contribution in [0.5, 0.6) is 17.2 Å². The molecular weight excluding hydrogens is 368 g/mol. The molecule has 0 saturated heterocycles. The van der Waals surface area contributed by atoms with Crippen LogP contribution in [0.1, 0.15) is 42.3 Å². The third-order valence-corrected chi connectivity index (χ3v) is 4.98. The predicted octanol–water partition coefficient (Wildman–Crippen LogP) is 3.87. The maximum Gasteiger partial charge on any atom is 0.251 e. The maximum atomic E-state index is 12.6. The molecule has 0 aromatic heterocycles. The largest absolute Gasteiger partial charge is 0.496 e. The zero-order valence-electron chi connectivity index (χ0n) is 18.2. The van der Waals surface area contributed by atoms with Gasteiger partial charge in [0, 0.05) is 30.3 Å². The number of carbonyl (C=O) groups is 1. The molecular formula is C23H32N2O4. The highest BCUT2D eigenvalue weighted by molar-refractivity contribution is 5.94. The third kappa shape index (κ3) is 5.87. The summed E-state index contributed by atoms with van der Waals surface area (Å²) in [6.45, 7) is 8.68. The fourth-order valence-corrected chi connectivity index (χ4v) is 3.18. The molecule has 2 rings (SSSR count). The molecule has 0 aliphatic rings. The van der Waals surface area contributed by atoms with Crippen LogP contribution in [0.25, 0.3) is 0 Å². The van der Waals surface area contributed by atoms with Crippen LogP contribution in [0.4, 0.5) is 0 Å². The summed E-state index contributed by atoms with van der Waals surface area (Å²) >= 11 is 0. The van der Waals surface area contributed by atoms with Crippen LogP contribution < -0.4 is 19.5 Å². The van der Waals surface area contributed by atoms with E-state index in [1.807, 2.05) is 24.3 Å². The highest BCUT2D eigenvalue weighted by Crippen LogP contribution is 2.33. The lowest BCUT2D eigenvalue weighted by molar-refractivity contribution is 0.0950. The van der Waals surface area contributed by atoms with Gasteiger partial charge in [-0.15, -0.1) is 0 Å². The fraction of sp³-hybridized carbons (Fsp3) is 0.435. The average Bonchev–Trinajstić information content (AvgIpc) is 2.75. The normalized spacial score (nSPS) is 10.9. The van der Waals surface area contributed by atoms with Gasteiger partial charge in [-0.05, 0) is 38.1 Å². The Bertz CT molecular complexity index is 778. The first-order valence-corrected chi connectivity index (χ1v) is 9.83. The molecule has 0 atom stereocenters. The first-order chi connectivity index (χ1) is 13.9. The van der Waals surface area contributed by atoms with Gasteiger partial charge in [-0.3, -0.25) is 9.69 Å². The molecule has 1 N–H and O–H groups in total. The lowest BCUT2D eigenvalue weighted by Crippen LogP contribution is -2.30. The van der Waals surface area contributed by atoms with Crippen LogP contribution >= 0.6 is 0 Å². The molecule has 0 saturated carbocycles. The molecule has 158 valence electrons. The van der Waals surface area contributed by atoms with E-state index in [1.165, 1.54) is 5.56 Å². The smallest absolute Gasteiger partial charge is 0.251 e. The number of ether oxygens (including phenoxy) is 3. The second kappa shape index (κ2) is 10.7. The number of hydrogen-bond donors (Lipinski definition) is 1. The van der Waals surface area contributed by atoms with Crippen molar-refractivity contribution in [3.8, 4) is 17.2 Å². The zero-order valence-corrected chi connectivity index (χ0v) is 18.2. The van der Waals surface area contributed by atoms with Crippen LogP contribution in [-0.2, 0) is 13.1 Å². The first kappa shape index (κ1) is 22.6. The fourth-order valence-electron chi connectivity index (χ4n) is 3.18. The van der Waals surface area contributed by atoms with Crippen molar-refractivity contribution in [2.75, 3.05) is 27.9 Å². The Morgan fingerprint density at radius 3 is 2.03 bits per heavy atom. The Balaban J connectivity index is 2.08. The zero-order chi connectivity index (χ0) is 21.4. The monoisotopic (exact) mass is 400 g/mol. The summed E-state index contributed by atoms with van der Waals surface area (Å²) in [7, 11) is 4.74. The number of carbonyl (C=O) groups excluding carboxylic acids is 1. The summed E-state index contributed by atoms with van der Waals surface area (Å²) in [6, 6.07) is 11.8. The van der Waals surface area contributed by atoms with E-state index >= 15 is 0 Å². The number of nitrogens with one attached hydrogen (secondary N) is 1. The van der Waals surface area contributed by atoms with Gasteiger partial charge in [0.25, 0.3) is 5.91 Å². The minimum Gasteiger partial charge on any atom is -0.496 e. The summed E-state index contributed by atoms with van der Waals surface area (Å²) in [4.78, 5) is 15.0. The molecule has 0 heterocycles. The van der Waals surface area contributed by atoms with Crippen LogP contribution in [0.2, 0.25) is 0 Å². The topological polar surface area (TPSA) is 60.0 Å². The maximum absolute atomic E-state index is 12.6. The van der Waals surface area contributed by atoms with Gasteiger partial charge in [-0.2, -0.15) is 0 Å². The van der Waals surface area contributed by atoms with Crippen molar-refractivity contribution in [3.05, 3.63) is 53.1 Å². The van der Waals surface area contributed by atoms with Gasteiger partial charge >= 0.3 is 0 Å². The Hall–Kier alpha value is -2.73. The molecule has 29 heavy (non-hydrogen) atoms. The van der Waals surface area contributed by atoms with Crippen LogP contribution in [0.15, 0.2) is 36.4 Å². The van der Waals surface area contributed by atoms with E-state index in [0.29, 0.717) is 28.9 Å². The van der Waals surface area contributed by atoms with Gasteiger partial charge in [-0.25, -0.2) is 0 Å². The minimum atomic E-state index is -0.146. The van der Waals surface area contributed by atoms with E-state index in [9.17, 15) is 4.79 Å². The van der Waals surface area contributed by atoms with E-state index in [4.69, 9.17) is 14.2 Å². The molecule has 2 aromatic carbocycles. The molecule has 2 aromatic rings. The number of hydrogen-bond acceptors (Lipinski definition) is 5. The van der Waals surface area contributed by atoms with Crippen LogP contribution in [-0.4, -0.2) is 44.7 Å². The van der Waals surface area contributed by atoms with Crippen molar-refractivity contribution in [3.63, 3.8) is 0 Å². The van der Waals surface area contributed by atoms with Crippen molar-refractivity contribution < 1.29 is 19.0 Å². The van der Waals surface area contributed by atoms with Gasteiger partial charge in [0.1, 0.15) is 17.2 Å². The highest BCUT2D eigenvalue weighted by atomic mass is 16.5. The minimum absolute atomic E-state index is 0.146. The number of amides is 1. The van der Waals surface area contributed by atoms with Crippen molar-refractivity contribution >= 4 is 5.91 Å². The van der Waals surface area contributed by atoms with Gasteiger partial charge < -0.3 is 19.5 Å². The number of nitrogens with zero attached hydrogens (tertiary/aromatic N) is 1. The molecule has 0 fully saturated rings. The van der Waals surface area contributed by atoms with Crippen molar-refractivity contribution in [2.24, 2.45) is 0 Å². The summed E-state index contributed by atoms with van der Waals surface area (Å²) in [6.07, 6.45) is 0. The SMILES string of the molecule is CCN(Cc1ccc(C(=O)NCc2c(OC)cc(OC)cc2OC)cc1)C(C)C. The molecule has 6 heteroatoms. The summed E-state index contributed by atoms with van der Waals surface area (Å²) in [5, 5.41) is 2.94. The number of rotatable bonds is 10. The second-order valence-corrected chi connectivity index (χ2v) is 7.05. The van der Waals surface area contributed by atoms with Gasteiger partial charge in [0.2, 0.25) is 0 Å². The first-order valence-electron chi connectivity index (χ1n) is 9.83. The Morgan fingerprint density at radius 2 is 1.59 bits per heavy atom. The number of benzene rings is 2. The predicted molar refractivity (Wildman–Crippen MR) is 115 cm³/mol. The molecule has 0 spiro atoms. The summed E-state index contributed by atoms with van der Waals surface area (Å²) < 4.78 is 16.1. The van der Waals surface area contributed by atoms with Crippen molar-refractivity contribution in [1.29, 1.82) is 0 Å². The van der Waals surface area contributed by atoms with E-state index in [0.717, 1.165) is 18.7 Å². The van der Waals surface area contributed by atoms with E-state index in [1.54, 1.807) is 33.5 Å². The van der Waals surface area contributed by atoms with Gasteiger partial charge in [0.05, 0.1) is 33.4 Å².